The van der Waals surface area contributed by atoms with Crippen LogP contribution in [-0.4, -0.2) is 12.6 Å². The van der Waals surface area contributed by atoms with Gasteiger partial charge < -0.3 is 14.8 Å². The van der Waals surface area contributed by atoms with Gasteiger partial charge in [-0.1, -0.05) is 12.1 Å². The Morgan fingerprint density at radius 3 is 3.17 bits per heavy atom. The smallest absolute Gasteiger partial charge is 0.231 e. The molecule has 0 radical (unpaired) electrons. The fourth-order valence-corrected chi connectivity index (χ4v) is 2.54. The van der Waals surface area contributed by atoms with E-state index in [1.165, 1.54) is 5.57 Å². The van der Waals surface area contributed by atoms with Gasteiger partial charge >= 0.3 is 0 Å². The van der Waals surface area contributed by atoms with Crippen molar-refractivity contribution >= 4 is 11.4 Å². The van der Waals surface area contributed by atoms with Gasteiger partial charge in [-0.2, -0.15) is 0 Å². The van der Waals surface area contributed by atoms with Crippen molar-refractivity contribution in [3.05, 3.63) is 42.2 Å². The molecule has 1 N–H and O–H groups in total. The molecule has 4 rings (SSSR count). The molecule has 3 aliphatic heterocycles. The zero-order chi connectivity index (χ0) is 11.9. The lowest BCUT2D eigenvalue weighted by Crippen LogP contribution is -2.28. The molecule has 1 aromatic carbocycles. The molecule has 4 heteroatoms. The summed E-state index contributed by atoms with van der Waals surface area (Å²) in [6.07, 6.45) is 7.02. The molecular formula is C14H12N2O2. The van der Waals surface area contributed by atoms with E-state index in [1.54, 1.807) is 0 Å². The van der Waals surface area contributed by atoms with E-state index >= 15 is 0 Å². The fourth-order valence-electron chi connectivity index (χ4n) is 2.54. The van der Waals surface area contributed by atoms with Gasteiger partial charge in [0.1, 0.15) is 5.84 Å². The predicted molar refractivity (Wildman–Crippen MR) is 68.4 cm³/mol. The zero-order valence-electron chi connectivity index (χ0n) is 9.72. The topological polar surface area (TPSA) is 42.9 Å². The van der Waals surface area contributed by atoms with Crippen molar-refractivity contribution in [2.75, 3.05) is 6.79 Å². The molecule has 1 atom stereocenters. The fraction of sp³-hybridized carbons (Fsp3) is 0.214. The summed E-state index contributed by atoms with van der Waals surface area (Å²) in [6, 6.07) is 6.06. The Bertz CT molecular complexity index is 602. The summed E-state index contributed by atoms with van der Waals surface area (Å²) in [7, 11) is 0. The minimum atomic E-state index is 0.313. The highest BCUT2D eigenvalue weighted by Crippen LogP contribution is 2.39. The number of ether oxygens (including phenoxy) is 2. The summed E-state index contributed by atoms with van der Waals surface area (Å²) in [6.45, 7) is 0.313. The lowest BCUT2D eigenvalue weighted by molar-refractivity contribution is 0.174. The Balaban J connectivity index is 1.70. The van der Waals surface area contributed by atoms with Gasteiger partial charge in [-0.3, -0.25) is 0 Å². The van der Waals surface area contributed by atoms with E-state index in [1.807, 2.05) is 24.5 Å². The summed E-state index contributed by atoms with van der Waals surface area (Å²) in [5.41, 5.74) is 2.39. The molecular weight excluding hydrogens is 228 g/mol. The van der Waals surface area contributed by atoms with E-state index in [2.05, 4.69) is 22.5 Å². The van der Waals surface area contributed by atoms with Gasteiger partial charge in [0, 0.05) is 12.1 Å². The van der Waals surface area contributed by atoms with Crippen molar-refractivity contribution in [2.45, 2.75) is 6.42 Å². The molecule has 0 bridgehead atoms. The van der Waals surface area contributed by atoms with Crippen LogP contribution in [0.1, 0.15) is 12.0 Å². The van der Waals surface area contributed by atoms with Crippen LogP contribution < -0.4 is 14.8 Å². The van der Waals surface area contributed by atoms with Crippen LogP contribution in [-0.2, 0) is 0 Å². The van der Waals surface area contributed by atoms with Crippen LogP contribution in [0.2, 0.25) is 0 Å². The van der Waals surface area contributed by atoms with Crippen molar-refractivity contribution in [1.29, 1.82) is 0 Å². The highest BCUT2D eigenvalue weighted by atomic mass is 16.7. The number of hydrogen-bond donors (Lipinski definition) is 1. The Morgan fingerprint density at radius 1 is 1.22 bits per heavy atom. The lowest BCUT2D eigenvalue weighted by Gasteiger charge is -2.19. The Kier molecular flexibility index (Phi) is 1.97. The number of fused-ring (bicyclic) bond motifs is 2. The van der Waals surface area contributed by atoms with E-state index in [-0.39, 0.29) is 0 Å². The van der Waals surface area contributed by atoms with E-state index < -0.39 is 0 Å². The maximum absolute atomic E-state index is 5.42. The van der Waals surface area contributed by atoms with Gasteiger partial charge in [0.2, 0.25) is 6.79 Å². The molecule has 3 aliphatic rings. The van der Waals surface area contributed by atoms with Gasteiger partial charge in [-0.05, 0) is 35.9 Å². The predicted octanol–water partition coefficient (Wildman–Crippen LogP) is 2.29. The minimum absolute atomic E-state index is 0.313. The maximum Gasteiger partial charge on any atom is 0.231 e. The summed E-state index contributed by atoms with van der Waals surface area (Å²) in [5, 5.41) is 3.19. The van der Waals surface area contributed by atoms with Gasteiger partial charge in [0.15, 0.2) is 11.5 Å². The van der Waals surface area contributed by atoms with Gasteiger partial charge in [0.05, 0.1) is 0 Å². The first-order valence-corrected chi connectivity index (χ1v) is 6.01. The maximum atomic E-state index is 5.42. The molecule has 3 heterocycles. The third kappa shape index (κ3) is 1.35. The number of nitrogens with one attached hydrogen (secondary N) is 1. The summed E-state index contributed by atoms with van der Waals surface area (Å²) in [4.78, 5) is 4.43. The molecule has 0 fully saturated rings. The second kappa shape index (κ2) is 3.63. The molecule has 4 nitrogen and oxygen atoms in total. The van der Waals surface area contributed by atoms with Gasteiger partial charge in [-0.25, -0.2) is 4.99 Å². The molecule has 0 saturated carbocycles. The van der Waals surface area contributed by atoms with E-state index in [0.717, 1.165) is 29.3 Å². The number of benzene rings is 1. The average Bonchev–Trinajstić information content (AvgIpc) is 3.04. The van der Waals surface area contributed by atoms with Crippen LogP contribution in [0.25, 0.3) is 5.57 Å². The van der Waals surface area contributed by atoms with Crippen LogP contribution in [0.3, 0.4) is 0 Å². The number of aliphatic imine (C=N–C) groups is 1. The molecule has 18 heavy (non-hydrogen) atoms. The number of hydrogen-bond acceptors (Lipinski definition) is 4. The highest BCUT2D eigenvalue weighted by molar-refractivity contribution is 6.01. The van der Waals surface area contributed by atoms with Crippen molar-refractivity contribution < 1.29 is 9.47 Å². The van der Waals surface area contributed by atoms with Gasteiger partial charge in [0.25, 0.3) is 0 Å². The molecule has 90 valence electrons. The summed E-state index contributed by atoms with van der Waals surface area (Å²) >= 11 is 0. The second-order valence-corrected chi connectivity index (χ2v) is 4.50. The van der Waals surface area contributed by atoms with Crippen LogP contribution in [0.15, 0.2) is 41.7 Å². The number of nitrogens with zero attached hydrogens (tertiary/aromatic N) is 1. The standard InChI is InChI=1S/C14H12N2O2/c1-2-10-11(7-16-14(10)15-5-1)9-3-4-12-13(6-9)18-8-17-12/h1,3-7,10H,2,8H2,(H,15,16). The highest BCUT2D eigenvalue weighted by Gasteiger charge is 2.27. The largest absolute Gasteiger partial charge is 0.454 e. The Hall–Kier alpha value is -2.23. The van der Waals surface area contributed by atoms with Crippen molar-refractivity contribution in [3.8, 4) is 11.5 Å². The Labute approximate surface area is 105 Å². The molecule has 0 aliphatic carbocycles. The number of allylic oxidation sites excluding steroid dienone is 1. The van der Waals surface area contributed by atoms with E-state index in [0.29, 0.717) is 12.7 Å². The summed E-state index contributed by atoms with van der Waals surface area (Å²) in [5.74, 6) is 3.02. The van der Waals surface area contributed by atoms with Gasteiger partial charge in [-0.15, -0.1) is 0 Å². The van der Waals surface area contributed by atoms with Crippen molar-refractivity contribution in [3.63, 3.8) is 0 Å². The number of rotatable bonds is 1. The second-order valence-electron chi connectivity index (χ2n) is 4.50. The first-order valence-electron chi connectivity index (χ1n) is 6.01. The minimum Gasteiger partial charge on any atom is -0.454 e. The van der Waals surface area contributed by atoms with Crippen LogP contribution in [0, 0.1) is 5.92 Å². The molecule has 0 spiro atoms. The first kappa shape index (κ1) is 9.76. The average molecular weight is 240 g/mol. The Morgan fingerprint density at radius 2 is 2.17 bits per heavy atom. The zero-order valence-corrected chi connectivity index (χ0v) is 9.72. The molecule has 0 saturated heterocycles. The molecule has 0 amide bonds. The monoisotopic (exact) mass is 240 g/mol. The van der Waals surface area contributed by atoms with Crippen LogP contribution in [0.4, 0.5) is 0 Å². The molecule has 0 aromatic heterocycles. The summed E-state index contributed by atoms with van der Waals surface area (Å²) < 4.78 is 10.7. The quantitative estimate of drug-likeness (QED) is 0.819. The molecule has 1 unspecified atom stereocenters. The van der Waals surface area contributed by atoms with Crippen molar-refractivity contribution in [2.24, 2.45) is 10.9 Å². The third-order valence-corrected chi connectivity index (χ3v) is 3.47. The van der Waals surface area contributed by atoms with Crippen molar-refractivity contribution in [1.82, 2.24) is 5.32 Å². The van der Waals surface area contributed by atoms with E-state index in [4.69, 9.17) is 9.47 Å². The first-order chi connectivity index (χ1) is 8.92. The number of amidine groups is 1. The van der Waals surface area contributed by atoms with E-state index in [9.17, 15) is 0 Å². The third-order valence-electron chi connectivity index (χ3n) is 3.47. The SMILES string of the molecule is C1=CNC2=NC=C(c3ccc4c(c3)OCO4)C2C1. The molecule has 1 aromatic rings. The van der Waals surface area contributed by atoms with Crippen LogP contribution >= 0.6 is 0 Å². The normalized spacial score (nSPS) is 23.2. The van der Waals surface area contributed by atoms with Crippen LogP contribution in [0.5, 0.6) is 11.5 Å². The lowest BCUT2D eigenvalue weighted by atomic mass is 9.89.